The van der Waals surface area contributed by atoms with Crippen LogP contribution in [-0.4, -0.2) is 29.3 Å². The molecule has 1 atom stereocenters. The van der Waals surface area contributed by atoms with E-state index in [1.54, 1.807) is 0 Å². The fourth-order valence-electron chi connectivity index (χ4n) is 1.98. The van der Waals surface area contributed by atoms with Crippen LogP contribution in [0.2, 0.25) is 0 Å². The van der Waals surface area contributed by atoms with Crippen LogP contribution in [0.15, 0.2) is 0 Å². The molecule has 0 aromatic heterocycles. The highest BCUT2D eigenvalue weighted by atomic mass is 16.1. The molecule has 0 aliphatic carbocycles. The Morgan fingerprint density at radius 2 is 1.50 bits per heavy atom. The zero-order chi connectivity index (χ0) is 16.1. The molecule has 0 rings (SSSR count). The van der Waals surface area contributed by atoms with Crippen molar-refractivity contribution in [3.8, 4) is 0 Å². The standard InChI is InChI=1S/C16H32N2O2/c1-11(2)17-13(19)10-9-12(18-16(6,7)8)14(20)15(3,4)5/h11-12,18H,9-10H2,1-8H3,(H,17,19). The van der Waals surface area contributed by atoms with Crippen molar-refractivity contribution in [3.63, 3.8) is 0 Å². The minimum absolute atomic E-state index is 0.00224. The average molecular weight is 284 g/mol. The maximum atomic E-state index is 12.5. The SMILES string of the molecule is CC(C)NC(=O)CCC(NC(C)(C)C)C(=O)C(C)(C)C. The molecule has 0 fully saturated rings. The summed E-state index contributed by atoms with van der Waals surface area (Å²) in [5.41, 5.74) is -0.558. The van der Waals surface area contributed by atoms with Crippen LogP contribution in [0.5, 0.6) is 0 Å². The van der Waals surface area contributed by atoms with Crippen LogP contribution in [0.4, 0.5) is 0 Å². The highest BCUT2D eigenvalue weighted by Gasteiger charge is 2.32. The minimum atomic E-state index is -0.405. The summed E-state index contributed by atoms with van der Waals surface area (Å²) in [6.45, 7) is 15.7. The summed E-state index contributed by atoms with van der Waals surface area (Å²) >= 11 is 0. The first-order valence-electron chi connectivity index (χ1n) is 7.44. The Kier molecular flexibility index (Phi) is 6.88. The minimum Gasteiger partial charge on any atom is -0.354 e. The molecule has 4 heteroatoms. The first-order chi connectivity index (χ1) is 8.83. The Morgan fingerprint density at radius 3 is 1.85 bits per heavy atom. The van der Waals surface area contributed by atoms with Crippen molar-refractivity contribution in [1.82, 2.24) is 10.6 Å². The predicted molar refractivity (Wildman–Crippen MR) is 83.7 cm³/mol. The number of ketones is 1. The molecule has 0 bridgehead atoms. The van der Waals surface area contributed by atoms with E-state index < -0.39 is 5.41 Å². The van der Waals surface area contributed by atoms with Crippen LogP contribution in [0.1, 0.15) is 68.2 Å². The van der Waals surface area contributed by atoms with E-state index in [-0.39, 0.29) is 29.3 Å². The molecular formula is C16H32N2O2. The van der Waals surface area contributed by atoms with E-state index in [1.165, 1.54) is 0 Å². The van der Waals surface area contributed by atoms with E-state index in [0.717, 1.165) is 0 Å². The van der Waals surface area contributed by atoms with E-state index in [1.807, 2.05) is 55.4 Å². The summed E-state index contributed by atoms with van der Waals surface area (Å²) in [6.07, 6.45) is 0.902. The zero-order valence-electron chi connectivity index (χ0n) is 14.4. The average Bonchev–Trinajstić information content (AvgIpc) is 2.19. The number of hydrogen-bond acceptors (Lipinski definition) is 3. The predicted octanol–water partition coefficient (Wildman–Crippen LogP) is 2.66. The van der Waals surface area contributed by atoms with Crippen LogP contribution in [-0.2, 0) is 9.59 Å². The Balaban J connectivity index is 4.72. The van der Waals surface area contributed by atoms with Crippen molar-refractivity contribution in [2.45, 2.75) is 85.9 Å². The van der Waals surface area contributed by atoms with Crippen molar-refractivity contribution < 1.29 is 9.59 Å². The second-order valence-corrected chi connectivity index (χ2v) is 7.82. The number of rotatable bonds is 6. The van der Waals surface area contributed by atoms with Crippen molar-refractivity contribution in [3.05, 3.63) is 0 Å². The fourth-order valence-corrected chi connectivity index (χ4v) is 1.98. The normalized spacial score (nSPS) is 14.2. The molecule has 20 heavy (non-hydrogen) atoms. The molecule has 0 aliphatic rings. The lowest BCUT2D eigenvalue weighted by Gasteiger charge is -2.31. The van der Waals surface area contributed by atoms with Gasteiger partial charge in [-0.15, -0.1) is 0 Å². The van der Waals surface area contributed by atoms with Gasteiger partial charge in [0.1, 0.15) is 0 Å². The number of carbonyl (C=O) groups is 2. The number of carbonyl (C=O) groups excluding carboxylic acids is 2. The van der Waals surface area contributed by atoms with Gasteiger partial charge in [0, 0.05) is 23.4 Å². The second kappa shape index (κ2) is 7.21. The quantitative estimate of drug-likeness (QED) is 0.788. The van der Waals surface area contributed by atoms with Crippen LogP contribution < -0.4 is 10.6 Å². The van der Waals surface area contributed by atoms with Gasteiger partial charge in [-0.1, -0.05) is 20.8 Å². The lowest BCUT2D eigenvalue weighted by molar-refractivity contribution is -0.129. The summed E-state index contributed by atoms with van der Waals surface area (Å²) < 4.78 is 0. The molecule has 4 nitrogen and oxygen atoms in total. The molecule has 2 N–H and O–H groups in total. The Hall–Kier alpha value is -0.900. The van der Waals surface area contributed by atoms with Crippen LogP contribution in [0.3, 0.4) is 0 Å². The van der Waals surface area contributed by atoms with Gasteiger partial charge in [-0.2, -0.15) is 0 Å². The van der Waals surface area contributed by atoms with Gasteiger partial charge in [-0.05, 0) is 41.0 Å². The lowest BCUT2D eigenvalue weighted by atomic mass is 9.84. The molecule has 0 aromatic carbocycles. The Bertz CT molecular complexity index is 335. The van der Waals surface area contributed by atoms with Gasteiger partial charge in [0.25, 0.3) is 0 Å². The summed E-state index contributed by atoms with van der Waals surface area (Å²) in [6, 6.07) is -0.150. The molecule has 0 aromatic rings. The number of Topliss-reactive ketones (excluding diaryl/α,β-unsaturated/α-hetero) is 1. The van der Waals surface area contributed by atoms with Gasteiger partial charge in [0.2, 0.25) is 5.91 Å². The van der Waals surface area contributed by atoms with Crippen LogP contribution >= 0.6 is 0 Å². The third-order valence-electron chi connectivity index (χ3n) is 2.77. The van der Waals surface area contributed by atoms with E-state index in [4.69, 9.17) is 0 Å². The number of amides is 1. The molecule has 1 amide bonds. The molecule has 0 radical (unpaired) electrons. The third-order valence-corrected chi connectivity index (χ3v) is 2.77. The summed E-state index contributed by atoms with van der Waals surface area (Å²) in [7, 11) is 0. The van der Waals surface area contributed by atoms with Crippen LogP contribution in [0, 0.1) is 5.41 Å². The van der Waals surface area contributed by atoms with Crippen molar-refractivity contribution in [1.29, 1.82) is 0 Å². The topological polar surface area (TPSA) is 58.2 Å². The van der Waals surface area contributed by atoms with E-state index in [2.05, 4.69) is 10.6 Å². The smallest absolute Gasteiger partial charge is 0.220 e. The van der Waals surface area contributed by atoms with Gasteiger partial charge < -0.3 is 10.6 Å². The monoisotopic (exact) mass is 284 g/mol. The maximum Gasteiger partial charge on any atom is 0.220 e. The Morgan fingerprint density at radius 1 is 1.00 bits per heavy atom. The van der Waals surface area contributed by atoms with Gasteiger partial charge in [0.05, 0.1) is 6.04 Å². The van der Waals surface area contributed by atoms with E-state index >= 15 is 0 Å². The summed E-state index contributed by atoms with van der Waals surface area (Å²) in [5.74, 6) is 0.159. The number of hydrogen-bond donors (Lipinski definition) is 2. The molecule has 0 aliphatic heterocycles. The highest BCUT2D eigenvalue weighted by Crippen LogP contribution is 2.20. The molecule has 0 spiro atoms. The molecular weight excluding hydrogens is 252 g/mol. The van der Waals surface area contributed by atoms with Gasteiger partial charge in [0.15, 0.2) is 5.78 Å². The largest absolute Gasteiger partial charge is 0.354 e. The second-order valence-electron chi connectivity index (χ2n) is 7.82. The van der Waals surface area contributed by atoms with Crippen molar-refractivity contribution in [2.24, 2.45) is 5.41 Å². The molecule has 0 heterocycles. The van der Waals surface area contributed by atoms with Crippen LogP contribution in [0.25, 0.3) is 0 Å². The zero-order valence-corrected chi connectivity index (χ0v) is 14.4. The first-order valence-corrected chi connectivity index (χ1v) is 7.44. The first kappa shape index (κ1) is 19.1. The Labute approximate surface area is 124 Å². The third kappa shape index (κ3) is 8.31. The van der Waals surface area contributed by atoms with Crippen molar-refractivity contribution >= 4 is 11.7 Å². The van der Waals surface area contributed by atoms with Gasteiger partial charge in [-0.3, -0.25) is 9.59 Å². The molecule has 1 unspecified atom stereocenters. The van der Waals surface area contributed by atoms with Gasteiger partial charge >= 0.3 is 0 Å². The number of nitrogens with one attached hydrogen (secondary N) is 2. The van der Waals surface area contributed by atoms with E-state index in [9.17, 15) is 9.59 Å². The summed E-state index contributed by atoms with van der Waals surface area (Å²) in [5, 5.41) is 6.20. The maximum absolute atomic E-state index is 12.5. The molecule has 118 valence electrons. The summed E-state index contributed by atoms with van der Waals surface area (Å²) in [4.78, 5) is 24.2. The highest BCUT2D eigenvalue weighted by molar-refractivity contribution is 5.89. The fraction of sp³-hybridized carbons (Fsp3) is 0.875. The van der Waals surface area contributed by atoms with Crippen molar-refractivity contribution in [2.75, 3.05) is 0 Å². The lowest BCUT2D eigenvalue weighted by Crippen LogP contribution is -2.51. The van der Waals surface area contributed by atoms with E-state index in [0.29, 0.717) is 12.8 Å². The molecule has 0 saturated heterocycles. The molecule has 0 saturated carbocycles. The van der Waals surface area contributed by atoms with Gasteiger partial charge in [-0.25, -0.2) is 0 Å².